The number of piperidine rings is 1. The Morgan fingerprint density at radius 2 is 1.58 bits per heavy atom. The SMILES string of the molecule is CC1(C)OB(c2cnn(C3CCN(C4CCOCC4)CC3)c2)OC1(C)C. The minimum absolute atomic E-state index is 0.311. The Morgan fingerprint density at radius 3 is 2.19 bits per heavy atom. The molecule has 0 spiro atoms. The average Bonchev–Trinajstić information content (AvgIpc) is 3.19. The standard InChI is InChI=1S/C19H32BN3O3/c1-18(2)19(3,4)26-20(25-18)15-13-21-23(14-15)17-5-9-22(10-6-17)16-7-11-24-12-8-16/h13-14,16-17H,5-12H2,1-4H3. The predicted octanol–water partition coefficient (Wildman–Crippen LogP) is 2.00. The zero-order valence-electron chi connectivity index (χ0n) is 16.6. The van der Waals surface area contributed by atoms with Crippen LogP contribution in [0.15, 0.2) is 12.4 Å². The molecule has 26 heavy (non-hydrogen) atoms. The first-order valence-electron chi connectivity index (χ1n) is 10.1. The molecular weight excluding hydrogens is 329 g/mol. The van der Waals surface area contributed by atoms with Crippen LogP contribution in [0.2, 0.25) is 0 Å². The van der Waals surface area contributed by atoms with Crippen molar-refractivity contribution in [1.82, 2.24) is 14.7 Å². The lowest BCUT2D eigenvalue weighted by molar-refractivity contribution is 0.00578. The molecule has 3 aliphatic rings. The Hall–Kier alpha value is -0.885. The molecule has 1 aromatic rings. The molecule has 3 fully saturated rings. The summed E-state index contributed by atoms with van der Waals surface area (Å²) in [5.74, 6) is 0. The first-order chi connectivity index (χ1) is 12.4. The highest BCUT2D eigenvalue weighted by Gasteiger charge is 2.52. The van der Waals surface area contributed by atoms with Crippen molar-refractivity contribution in [2.75, 3.05) is 26.3 Å². The van der Waals surface area contributed by atoms with E-state index in [1.165, 1.54) is 12.8 Å². The highest BCUT2D eigenvalue weighted by atomic mass is 16.7. The lowest BCUT2D eigenvalue weighted by Crippen LogP contribution is -2.44. The van der Waals surface area contributed by atoms with E-state index in [4.69, 9.17) is 14.0 Å². The average molecular weight is 361 g/mol. The molecule has 1 aromatic heterocycles. The van der Waals surface area contributed by atoms with Gasteiger partial charge in [-0.05, 0) is 53.4 Å². The Labute approximate surface area is 157 Å². The maximum Gasteiger partial charge on any atom is 0.498 e. The third-order valence-electron chi connectivity index (χ3n) is 6.73. The van der Waals surface area contributed by atoms with Gasteiger partial charge in [-0.1, -0.05) is 0 Å². The van der Waals surface area contributed by atoms with Gasteiger partial charge in [0.2, 0.25) is 0 Å². The molecule has 0 bridgehead atoms. The molecule has 0 atom stereocenters. The number of likely N-dealkylation sites (tertiary alicyclic amines) is 1. The summed E-state index contributed by atoms with van der Waals surface area (Å²) in [5, 5.41) is 4.64. The maximum atomic E-state index is 6.15. The van der Waals surface area contributed by atoms with Crippen molar-refractivity contribution < 1.29 is 14.0 Å². The molecule has 0 amide bonds. The highest BCUT2D eigenvalue weighted by Crippen LogP contribution is 2.36. The summed E-state index contributed by atoms with van der Waals surface area (Å²) in [4.78, 5) is 2.65. The highest BCUT2D eigenvalue weighted by molar-refractivity contribution is 6.62. The quantitative estimate of drug-likeness (QED) is 0.771. The molecule has 0 aromatic carbocycles. The third kappa shape index (κ3) is 3.47. The van der Waals surface area contributed by atoms with E-state index in [0.29, 0.717) is 12.1 Å². The molecule has 0 N–H and O–H groups in total. The summed E-state index contributed by atoms with van der Waals surface area (Å²) in [7, 11) is -0.323. The normalized spacial score (nSPS) is 27.9. The Bertz CT molecular complexity index is 603. The minimum atomic E-state index is -0.323. The van der Waals surface area contributed by atoms with Gasteiger partial charge in [0.15, 0.2) is 0 Å². The Morgan fingerprint density at radius 1 is 0.962 bits per heavy atom. The van der Waals surface area contributed by atoms with Gasteiger partial charge in [0, 0.05) is 50.2 Å². The van der Waals surface area contributed by atoms with Crippen LogP contribution in [0, 0.1) is 0 Å². The fourth-order valence-corrected chi connectivity index (χ4v) is 4.22. The lowest BCUT2D eigenvalue weighted by atomic mass is 9.82. The van der Waals surface area contributed by atoms with Crippen molar-refractivity contribution in [3.05, 3.63) is 12.4 Å². The first-order valence-corrected chi connectivity index (χ1v) is 10.1. The van der Waals surface area contributed by atoms with Crippen molar-refractivity contribution in [2.45, 2.75) is 76.7 Å². The minimum Gasteiger partial charge on any atom is -0.399 e. The van der Waals surface area contributed by atoms with E-state index in [1.807, 2.05) is 6.20 Å². The van der Waals surface area contributed by atoms with Gasteiger partial charge in [0.05, 0.1) is 17.2 Å². The summed E-state index contributed by atoms with van der Waals surface area (Å²) in [5.41, 5.74) is 0.402. The predicted molar refractivity (Wildman–Crippen MR) is 102 cm³/mol. The molecule has 7 heteroatoms. The first kappa shape index (κ1) is 18.5. The monoisotopic (exact) mass is 361 g/mol. The van der Waals surface area contributed by atoms with Gasteiger partial charge in [0.25, 0.3) is 0 Å². The maximum absolute atomic E-state index is 6.15. The molecule has 3 saturated heterocycles. The third-order valence-corrected chi connectivity index (χ3v) is 6.73. The number of hydrogen-bond donors (Lipinski definition) is 0. The van der Waals surface area contributed by atoms with Gasteiger partial charge in [-0.2, -0.15) is 5.10 Å². The van der Waals surface area contributed by atoms with E-state index in [2.05, 4.69) is 48.6 Å². The molecule has 0 unspecified atom stereocenters. The molecule has 144 valence electrons. The zero-order valence-corrected chi connectivity index (χ0v) is 16.6. The molecule has 0 radical (unpaired) electrons. The van der Waals surface area contributed by atoms with Gasteiger partial charge >= 0.3 is 7.12 Å². The van der Waals surface area contributed by atoms with E-state index >= 15 is 0 Å². The van der Waals surface area contributed by atoms with Crippen LogP contribution in [0.25, 0.3) is 0 Å². The van der Waals surface area contributed by atoms with Crippen molar-refractivity contribution in [1.29, 1.82) is 0 Å². The second-order valence-electron chi connectivity index (χ2n) is 8.95. The fraction of sp³-hybridized carbons (Fsp3) is 0.842. The smallest absolute Gasteiger partial charge is 0.399 e. The topological polar surface area (TPSA) is 48.8 Å². The van der Waals surface area contributed by atoms with Crippen molar-refractivity contribution in [3.8, 4) is 0 Å². The van der Waals surface area contributed by atoms with E-state index < -0.39 is 0 Å². The van der Waals surface area contributed by atoms with Gasteiger partial charge in [-0.15, -0.1) is 0 Å². The second-order valence-corrected chi connectivity index (χ2v) is 8.95. The van der Waals surface area contributed by atoms with Crippen LogP contribution in [0.4, 0.5) is 0 Å². The zero-order chi connectivity index (χ0) is 18.4. The number of aromatic nitrogens is 2. The Kier molecular flexibility index (Phi) is 4.93. The van der Waals surface area contributed by atoms with Crippen LogP contribution in [0.5, 0.6) is 0 Å². The van der Waals surface area contributed by atoms with Crippen LogP contribution in [0.3, 0.4) is 0 Å². The van der Waals surface area contributed by atoms with Crippen LogP contribution in [-0.2, 0) is 14.0 Å². The molecule has 0 saturated carbocycles. The van der Waals surface area contributed by atoms with Gasteiger partial charge < -0.3 is 18.9 Å². The van der Waals surface area contributed by atoms with Crippen LogP contribution in [0.1, 0.15) is 59.4 Å². The van der Waals surface area contributed by atoms with Crippen molar-refractivity contribution in [3.63, 3.8) is 0 Å². The van der Waals surface area contributed by atoms with E-state index in [0.717, 1.165) is 44.6 Å². The molecule has 4 rings (SSSR count). The van der Waals surface area contributed by atoms with Gasteiger partial charge in [0.1, 0.15) is 0 Å². The van der Waals surface area contributed by atoms with Gasteiger partial charge in [-0.3, -0.25) is 4.68 Å². The van der Waals surface area contributed by atoms with Crippen molar-refractivity contribution >= 4 is 12.6 Å². The lowest BCUT2D eigenvalue weighted by Gasteiger charge is -2.39. The molecule has 4 heterocycles. The number of hydrogen-bond acceptors (Lipinski definition) is 5. The van der Waals surface area contributed by atoms with Crippen LogP contribution < -0.4 is 5.46 Å². The second kappa shape index (κ2) is 6.93. The summed E-state index contributed by atoms with van der Waals surface area (Å²) >= 11 is 0. The number of ether oxygens (including phenoxy) is 1. The molecular formula is C19H32BN3O3. The summed E-state index contributed by atoms with van der Waals surface area (Å²) in [6.07, 6.45) is 8.70. The Balaban J connectivity index is 1.36. The number of nitrogens with zero attached hydrogens (tertiary/aromatic N) is 3. The number of rotatable bonds is 3. The summed E-state index contributed by atoms with van der Waals surface area (Å²) < 4.78 is 19.9. The summed E-state index contributed by atoms with van der Waals surface area (Å²) in [6.45, 7) is 12.5. The van der Waals surface area contributed by atoms with E-state index in [-0.39, 0.29) is 18.3 Å². The van der Waals surface area contributed by atoms with Crippen LogP contribution in [-0.4, -0.2) is 65.3 Å². The molecule has 6 nitrogen and oxygen atoms in total. The van der Waals surface area contributed by atoms with E-state index in [1.54, 1.807) is 0 Å². The molecule has 0 aliphatic carbocycles. The summed E-state index contributed by atoms with van der Waals surface area (Å²) in [6, 6.07) is 1.19. The van der Waals surface area contributed by atoms with Crippen LogP contribution >= 0.6 is 0 Å². The van der Waals surface area contributed by atoms with Gasteiger partial charge in [-0.25, -0.2) is 0 Å². The van der Waals surface area contributed by atoms with Crippen molar-refractivity contribution in [2.24, 2.45) is 0 Å². The van der Waals surface area contributed by atoms with E-state index in [9.17, 15) is 0 Å². The fourth-order valence-electron chi connectivity index (χ4n) is 4.22. The molecule has 3 aliphatic heterocycles. The largest absolute Gasteiger partial charge is 0.498 e.